The zero-order valence-electron chi connectivity index (χ0n) is 8.13. The molecule has 0 aliphatic carbocycles. The van der Waals surface area contributed by atoms with Crippen molar-refractivity contribution in [3.63, 3.8) is 0 Å². The van der Waals surface area contributed by atoms with Gasteiger partial charge in [-0.3, -0.25) is 4.79 Å². The second-order valence-electron chi connectivity index (χ2n) is 3.08. The molecule has 0 bridgehead atoms. The van der Waals surface area contributed by atoms with E-state index in [0.717, 1.165) is 6.07 Å². The molecule has 80 valence electrons. The van der Waals surface area contributed by atoms with Gasteiger partial charge in [-0.1, -0.05) is 18.2 Å². The van der Waals surface area contributed by atoms with Crippen molar-refractivity contribution in [2.45, 2.75) is 13.3 Å². The molecule has 0 aliphatic heterocycles. The van der Waals surface area contributed by atoms with Gasteiger partial charge in [0.1, 0.15) is 0 Å². The number of benzene rings is 1. The van der Waals surface area contributed by atoms with E-state index in [2.05, 4.69) is 0 Å². The van der Waals surface area contributed by atoms with Crippen LogP contribution >= 0.6 is 0 Å². The van der Waals surface area contributed by atoms with E-state index in [1.54, 1.807) is 0 Å². The normalized spacial score (nSPS) is 10.9. The van der Waals surface area contributed by atoms with Gasteiger partial charge in [0.25, 0.3) is 0 Å². The summed E-state index contributed by atoms with van der Waals surface area (Å²) in [5.41, 5.74) is 0.659. The van der Waals surface area contributed by atoms with Crippen molar-refractivity contribution in [1.82, 2.24) is 0 Å². The van der Waals surface area contributed by atoms with Crippen LogP contribution in [0.15, 0.2) is 18.2 Å². The predicted octanol–water partition coefficient (Wildman–Crippen LogP) is 2.76. The molecule has 1 rings (SSSR count). The summed E-state index contributed by atoms with van der Waals surface area (Å²) in [7, 11) is 0. The maximum absolute atomic E-state index is 13.1. The van der Waals surface area contributed by atoms with Gasteiger partial charge in [-0.25, -0.2) is 8.78 Å². The van der Waals surface area contributed by atoms with Crippen molar-refractivity contribution in [2.24, 2.45) is 0 Å². The lowest BCUT2D eigenvalue weighted by Crippen LogP contribution is -1.93. The summed E-state index contributed by atoms with van der Waals surface area (Å²) < 4.78 is 25.8. The van der Waals surface area contributed by atoms with Gasteiger partial charge in [-0.05, 0) is 24.1 Å². The van der Waals surface area contributed by atoms with E-state index < -0.39 is 17.6 Å². The molecule has 0 atom stereocenters. The van der Waals surface area contributed by atoms with E-state index >= 15 is 0 Å². The van der Waals surface area contributed by atoms with E-state index in [-0.39, 0.29) is 12.0 Å². The monoisotopic (exact) mass is 212 g/mol. The Morgan fingerprint density at radius 2 is 2.13 bits per heavy atom. The van der Waals surface area contributed by atoms with Gasteiger partial charge in [-0.2, -0.15) is 0 Å². The van der Waals surface area contributed by atoms with E-state index in [0.29, 0.717) is 5.56 Å². The molecule has 0 spiro atoms. The molecule has 0 saturated heterocycles. The minimum Gasteiger partial charge on any atom is -0.481 e. The van der Waals surface area contributed by atoms with Crippen LogP contribution in [0.2, 0.25) is 0 Å². The second-order valence-corrected chi connectivity index (χ2v) is 3.08. The van der Waals surface area contributed by atoms with Gasteiger partial charge in [0.15, 0.2) is 11.6 Å². The largest absolute Gasteiger partial charge is 0.481 e. The molecule has 0 amide bonds. The number of carboxylic acid groups (broad SMARTS) is 1. The van der Waals surface area contributed by atoms with Gasteiger partial charge in [0.2, 0.25) is 0 Å². The Morgan fingerprint density at radius 3 is 2.73 bits per heavy atom. The average molecular weight is 212 g/mol. The third-order valence-electron chi connectivity index (χ3n) is 1.97. The topological polar surface area (TPSA) is 37.3 Å². The minimum absolute atomic E-state index is 0.140. The van der Waals surface area contributed by atoms with Crippen LogP contribution in [-0.4, -0.2) is 11.1 Å². The highest BCUT2D eigenvalue weighted by molar-refractivity contribution is 5.70. The van der Waals surface area contributed by atoms with E-state index in [1.165, 1.54) is 25.1 Å². The standard InChI is InChI=1S/C11H10F2O2/c1-7-8(3-2-4-10(14)15)5-6-9(12)11(7)13/h2-3,5-6H,4H2,1H3,(H,14,15). The summed E-state index contributed by atoms with van der Waals surface area (Å²) in [6.07, 6.45) is 2.71. The van der Waals surface area contributed by atoms with Crippen molar-refractivity contribution in [3.8, 4) is 0 Å². The number of carbonyl (C=O) groups is 1. The van der Waals surface area contributed by atoms with Crippen molar-refractivity contribution in [1.29, 1.82) is 0 Å². The van der Waals surface area contributed by atoms with Gasteiger partial charge in [0, 0.05) is 0 Å². The molecule has 0 aromatic heterocycles. The van der Waals surface area contributed by atoms with Crippen LogP contribution in [0.3, 0.4) is 0 Å². The fourth-order valence-electron chi connectivity index (χ4n) is 1.13. The minimum atomic E-state index is -0.966. The Labute approximate surface area is 85.9 Å². The van der Waals surface area contributed by atoms with E-state index in [1.807, 2.05) is 0 Å². The van der Waals surface area contributed by atoms with Crippen molar-refractivity contribution in [3.05, 3.63) is 41.0 Å². The van der Waals surface area contributed by atoms with Crippen LogP contribution in [0, 0.1) is 18.6 Å². The first-order valence-electron chi connectivity index (χ1n) is 4.35. The first-order valence-corrected chi connectivity index (χ1v) is 4.35. The molecule has 0 fully saturated rings. The van der Waals surface area contributed by atoms with Gasteiger partial charge >= 0.3 is 5.97 Å². The lowest BCUT2D eigenvalue weighted by molar-refractivity contribution is -0.135. The zero-order valence-corrected chi connectivity index (χ0v) is 8.13. The number of carboxylic acids is 1. The molecule has 15 heavy (non-hydrogen) atoms. The Morgan fingerprint density at radius 1 is 1.47 bits per heavy atom. The number of hydrogen-bond acceptors (Lipinski definition) is 1. The fourth-order valence-corrected chi connectivity index (χ4v) is 1.13. The quantitative estimate of drug-likeness (QED) is 0.836. The Kier molecular flexibility index (Phi) is 3.55. The number of rotatable bonds is 3. The Hall–Kier alpha value is -1.71. The van der Waals surface area contributed by atoms with E-state index in [9.17, 15) is 13.6 Å². The summed E-state index contributed by atoms with van der Waals surface area (Å²) >= 11 is 0. The Balaban J connectivity index is 2.92. The number of halogens is 2. The van der Waals surface area contributed by atoms with Gasteiger partial charge in [-0.15, -0.1) is 0 Å². The molecule has 1 N–H and O–H groups in total. The maximum Gasteiger partial charge on any atom is 0.307 e. The number of aliphatic carboxylic acids is 1. The predicted molar refractivity (Wildman–Crippen MR) is 52.4 cm³/mol. The third kappa shape index (κ3) is 2.87. The lowest BCUT2D eigenvalue weighted by Gasteiger charge is -2.02. The average Bonchev–Trinajstić information content (AvgIpc) is 2.18. The zero-order chi connectivity index (χ0) is 11.4. The molecule has 4 heteroatoms. The Bertz CT molecular complexity index is 411. The third-order valence-corrected chi connectivity index (χ3v) is 1.97. The second kappa shape index (κ2) is 4.68. The molecule has 1 aromatic rings. The van der Waals surface area contributed by atoms with Crippen LogP contribution in [0.1, 0.15) is 17.5 Å². The smallest absolute Gasteiger partial charge is 0.307 e. The molecular formula is C11H10F2O2. The first-order chi connectivity index (χ1) is 7.02. The van der Waals surface area contributed by atoms with Gasteiger partial charge < -0.3 is 5.11 Å². The van der Waals surface area contributed by atoms with Crippen LogP contribution < -0.4 is 0 Å². The van der Waals surface area contributed by atoms with Gasteiger partial charge in [0.05, 0.1) is 6.42 Å². The summed E-state index contributed by atoms with van der Waals surface area (Å²) in [6.45, 7) is 1.44. The SMILES string of the molecule is Cc1c(C=CCC(=O)O)ccc(F)c1F. The summed E-state index contributed by atoms with van der Waals surface area (Å²) in [6, 6.07) is 2.43. The first kappa shape index (κ1) is 11.4. The summed E-state index contributed by atoms with van der Waals surface area (Å²) in [5.74, 6) is -2.76. The number of hydrogen-bond donors (Lipinski definition) is 1. The summed E-state index contributed by atoms with van der Waals surface area (Å²) in [5, 5.41) is 8.37. The lowest BCUT2D eigenvalue weighted by atomic mass is 10.1. The van der Waals surface area contributed by atoms with Crippen molar-refractivity contribution < 1.29 is 18.7 Å². The molecule has 0 heterocycles. The van der Waals surface area contributed by atoms with Crippen LogP contribution in [0.25, 0.3) is 6.08 Å². The molecule has 0 radical (unpaired) electrons. The van der Waals surface area contributed by atoms with Crippen LogP contribution in [-0.2, 0) is 4.79 Å². The summed E-state index contributed by atoms with van der Waals surface area (Å²) in [4.78, 5) is 10.2. The van der Waals surface area contributed by atoms with Crippen LogP contribution in [0.5, 0.6) is 0 Å². The highest BCUT2D eigenvalue weighted by Crippen LogP contribution is 2.17. The highest BCUT2D eigenvalue weighted by Gasteiger charge is 2.07. The van der Waals surface area contributed by atoms with Crippen molar-refractivity contribution in [2.75, 3.05) is 0 Å². The fraction of sp³-hybridized carbons (Fsp3) is 0.182. The highest BCUT2D eigenvalue weighted by atomic mass is 19.2. The van der Waals surface area contributed by atoms with Crippen LogP contribution in [0.4, 0.5) is 8.78 Å². The van der Waals surface area contributed by atoms with E-state index in [4.69, 9.17) is 5.11 Å². The molecular weight excluding hydrogens is 202 g/mol. The molecule has 0 unspecified atom stereocenters. The maximum atomic E-state index is 13.1. The molecule has 0 saturated carbocycles. The molecule has 0 aliphatic rings. The molecule has 1 aromatic carbocycles. The molecule has 2 nitrogen and oxygen atoms in total. The van der Waals surface area contributed by atoms with Crippen molar-refractivity contribution >= 4 is 12.0 Å².